The summed E-state index contributed by atoms with van der Waals surface area (Å²) in [5, 5.41) is 5.41. The highest BCUT2D eigenvalue weighted by molar-refractivity contribution is 5.98. The van der Waals surface area contributed by atoms with Crippen LogP contribution in [0.5, 0.6) is 0 Å². The molecule has 32 heavy (non-hydrogen) atoms. The number of carbonyl (C=O) groups excluding carboxylic acids is 4. The number of methoxy groups -OCH3 is 2. The van der Waals surface area contributed by atoms with Gasteiger partial charge >= 0.3 is 11.9 Å². The Kier molecular flexibility index (Phi) is 9.41. The van der Waals surface area contributed by atoms with E-state index in [9.17, 15) is 19.2 Å². The van der Waals surface area contributed by atoms with Crippen molar-refractivity contribution in [1.29, 1.82) is 0 Å². The number of amides is 2. The Morgan fingerprint density at radius 2 is 1.22 bits per heavy atom. The summed E-state index contributed by atoms with van der Waals surface area (Å²) in [7, 11) is 2.35. The van der Waals surface area contributed by atoms with Gasteiger partial charge in [-0.15, -0.1) is 0 Å². The average molecular weight is 440 g/mol. The number of ether oxygens (including phenoxy) is 2. The van der Waals surface area contributed by atoms with Gasteiger partial charge in [-0.1, -0.05) is 49.7 Å². The zero-order valence-electron chi connectivity index (χ0n) is 18.4. The van der Waals surface area contributed by atoms with E-state index in [0.29, 0.717) is 24.0 Å². The van der Waals surface area contributed by atoms with Gasteiger partial charge in [-0.05, 0) is 30.7 Å². The number of rotatable bonds is 10. The van der Waals surface area contributed by atoms with Crippen LogP contribution in [0.1, 0.15) is 40.5 Å². The third kappa shape index (κ3) is 6.41. The monoisotopic (exact) mass is 440 g/mol. The van der Waals surface area contributed by atoms with Crippen molar-refractivity contribution in [2.45, 2.75) is 31.8 Å². The van der Waals surface area contributed by atoms with Crippen molar-refractivity contribution >= 4 is 23.8 Å². The fourth-order valence-corrected chi connectivity index (χ4v) is 3.40. The molecular formula is C24H28N2O6. The molecule has 0 heterocycles. The smallest absolute Gasteiger partial charge is 0.329 e. The van der Waals surface area contributed by atoms with E-state index in [1.807, 2.05) is 6.92 Å². The summed E-state index contributed by atoms with van der Waals surface area (Å²) in [6, 6.07) is 14.6. The van der Waals surface area contributed by atoms with Gasteiger partial charge in [0.1, 0.15) is 12.0 Å². The Morgan fingerprint density at radius 3 is 1.66 bits per heavy atom. The van der Waals surface area contributed by atoms with E-state index in [0.717, 1.165) is 7.11 Å². The van der Waals surface area contributed by atoms with Gasteiger partial charge in [-0.3, -0.25) is 14.4 Å². The third-order valence-corrected chi connectivity index (χ3v) is 5.00. The Bertz CT molecular complexity index is 917. The molecule has 2 N–H and O–H groups in total. The second-order valence-corrected chi connectivity index (χ2v) is 7.12. The number of carbonyl (C=O) groups is 4. The second-order valence-electron chi connectivity index (χ2n) is 7.12. The Hall–Kier alpha value is -3.68. The minimum atomic E-state index is -1.37. The van der Waals surface area contributed by atoms with Gasteiger partial charge in [0.15, 0.2) is 0 Å². The predicted octanol–water partition coefficient (Wildman–Crippen LogP) is 2.35. The molecule has 0 aromatic heterocycles. The molecule has 0 saturated heterocycles. The first-order valence-corrected chi connectivity index (χ1v) is 10.3. The third-order valence-electron chi connectivity index (χ3n) is 5.00. The molecule has 2 rings (SSSR count). The molecule has 2 amide bonds. The lowest BCUT2D eigenvalue weighted by atomic mass is 9.88. The number of hydrogen-bond acceptors (Lipinski definition) is 6. The van der Waals surface area contributed by atoms with Gasteiger partial charge in [-0.25, -0.2) is 4.79 Å². The van der Waals surface area contributed by atoms with Crippen LogP contribution < -0.4 is 10.6 Å². The Labute approximate surface area is 187 Å². The highest BCUT2D eigenvalue weighted by Gasteiger charge is 2.42. The van der Waals surface area contributed by atoms with Crippen molar-refractivity contribution in [3.05, 3.63) is 71.8 Å². The van der Waals surface area contributed by atoms with Crippen molar-refractivity contribution in [3.63, 3.8) is 0 Å². The highest BCUT2D eigenvalue weighted by Crippen LogP contribution is 2.19. The number of esters is 2. The van der Waals surface area contributed by atoms with Gasteiger partial charge in [0.2, 0.25) is 0 Å². The molecular weight excluding hydrogens is 412 g/mol. The van der Waals surface area contributed by atoms with Crippen LogP contribution in [0.2, 0.25) is 0 Å². The van der Waals surface area contributed by atoms with Crippen molar-refractivity contribution in [3.8, 4) is 0 Å². The first-order valence-electron chi connectivity index (χ1n) is 10.3. The first kappa shape index (κ1) is 24.6. The number of nitrogens with one attached hydrogen (secondary N) is 2. The van der Waals surface area contributed by atoms with Gasteiger partial charge in [0, 0.05) is 17.2 Å². The summed E-state index contributed by atoms with van der Waals surface area (Å²) in [6.07, 6.45) is 0.973. The molecule has 0 bridgehead atoms. The van der Waals surface area contributed by atoms with Crippen LogP contribution in [0.4, 0.5) is 0 Å². The number of benzene rings is 2. The normalized spacial score (nSPS) is 13.2. The van der Waals surface area contributed by atoms with Gasteiger partial charge < -0.3 is 20.1 Å². The number of hydrogen-bond donors (Lipinski definition) is 2. The van der Waals surface area contributed by atoms with Crippen molar-refractivity contribution in [2.24, 2.45) is 5.92 Å². The summed E-state index contributed by atoms with van der Waals surface area (Å²) in [4.78, 5) is 51.0. The molecule has 0 aliphatic heterocycles. The van der Waals surface area contributed by atoms with Gasteiger partial charge in [-0.2, -0.15) is 0 Å². The Balaban J connectivity index is 2.39. The largest absolute Gasteiger partial charge is 0.469 e. The summed E-state index contributed by atoms with van der Waals surface area (Å²) in [5.74, 6) is -3.73. The topological polar surface area (TPSA) is 111 Å². The van der Waals surface area contributed by atoms with Crippen LogP contribution in [-0.4, -0.2) is 50.1 Å². The minimum Gasteiger partial charge on any atom is -0.469 e. The quantitative estimate of drug-likeness (QED) is 0.549. The fourth-order valence-electron chi connectivity index (χ4n) is 3.40. The molecule has 2 aromatic carbocycles. The summed E-state index contributed by atoms with van der Waals surface area (Å²) >= 11 is 0. The summed E-state index contributed by atoms with van der Waals surface area (Å²) < 4.78 is 9.81. The van der Waals surface area contributed by atoms with Crippen LogP contribution in [0.15, 0.2) is 60.7 Å². The van der Waals surface area contributed by atoms with Crippen molar-refractivity contribution in [2.75, 3.05) is 14.2 Å². The molecule has 0 unspecified atom stereocenters. The molecule has 0 spiro atoms. The molecule has 8 nitrogen and oxygen atoms in total. The van der Waals surface area contributed by atoms with E-state index in [4.69, 9.17) is 9.47 Å². The van der Waals surface area contributed by atoms with Crippen LogP contribution >= 0.6 is 0 Å². The maximum Gasteiger partial charge on any atom is 0.329 e. The average Bonchev–Trinajstić information content (AvgIpc) is 2.83. The van der Waals surface area contributed by atoms with Crippen LogP contribution in [-0.2, 0) is 19.1 Å². The van der Waals surface area contributed by atoms with Gasteiger partial charge in [0.25, 0.3) is 11.8 Å². The van der Waals surface area contributed by atoms with Crippen molar-refractivity contribution < 1.29 is 28.7 Å². The summed E-state index contributed by atoms with van der Waals surface area (Å²) in [6.45, 7) is 1.88. The molecule has 0 aliphatic rings. The molecule has 2 aromatic rings. The maximum atomic E-state index is 12.8. The molecule has 0 aliphatic carbocycles. The lowest BCUT2D eigenvalue weighted by Crippen LogP contribution is -2.57. The zero-order chi connectivity index (χ0) is 23.5. The molecule has 8 heteroatoms. The van der Waals surface area contributed by atoms with Gasteiger partial charge in [0.05, 0.1) is 14.2 Å². The summed E-state index contributed by atoms with van der Waals surface area (Å²) in [5.41, 5.74) is 0.713. The maximum absolute atomic E-state index is 12.8. The lowest BCUT2D eigenvalue weighted by Gasteiger charge is -2.31. The van der Waals surface area contributed by atoms with E-state index in [2.05, 4.69) is 10.6 Å². The molecule has 3 atom stereocenters. The molecule has 0 radical (unpaired) electrons. The molecule has 0 fully saturated rings. The Morgan fingerprint density at radius 1 is 0.750 bits per heavy atom. The zero-order valence-corrected chi connectivity index (χ0v) is 18.4. The van der Waals surface area contributed by atoms with Crippen molar-refractivity contribution in [1.82, 2.24) is 10.6 Å². The SMILES string of the molecule is CCC[C@H](NC(=O)c1ccccc1)[C@H](C(=O)OC)[C@H](NC(=O)c1ccccc1)C(=O)OC. The van der Waals surface area contributed by atoms with Crippen LogP contribution in [0.3, 0.4) is 0 Å². The lowest BCUT2D eigenvalue weighted by molar-refractivity contribution is -0.155. The highest BCUT2D eigenvalue weighted by atomic mass is 16.5. The van der Waals surface area contributed by atoms with E-state index < -0.39 is 41.8 Å². The van der Waals surface area contributed by atoms with Crippen LogP contribution in [0.25, 0.3) is 0 Å². The van der Waals surface area contributed by atoms with E-state index in [-0.39, 0.29) is 0 Å². The molecule has 0 saturated carbocycles. The first-order chi connectivity index (χ1) is 15.4. The van der Waals surface area contributed by atoms with E-state index >= 15 is 0 Å². The minimum absolute atomic E-state index is 0.311. The van der Waals surface area contributed by atoms with E-state index in [1.165, 1.54) is 7.11 Å². The van der Waals surface area contributed by atoms with E-state index in [1.54, 1.807) is 60.7 Å². The van der Waals surface area contributed by atoms with Crippen LogP contribution in [0, 0.1) is 5.92 Å². The molecule has 170 valence electrons. The second kappa shape index (κ2) is 12.2. The predicted molar refractivity (Wildman–Crippen MR) is 118 cm³/mol. The standard InChI is InChI=1S/C24H28N2O6/c1-4-11-18(25-21(27)16-12-7-5-8-13-16)19(23(29)31-2)20(24(30)32-3)26-22(28)17-14-9-6-10-15-17/h5-10,12-15,18-20H,4,11H2,1-3H3,(H,25,27)(H,26,28)/t18-,19-,20-/m0/s1. The fraction of sp³-hybridized carbons (Fsp3) is 0.333.